The maximum atomic E-state index is 12.2. The molecule has 2 saturated heterocycles. The molecule has 3 nitrogen and oxygen atoms in total. The van der Waals surface area contributed by atoms with Crippen molar-refractivity contribution in [2.45, 2.75) is 19.9 Å². The van der Waals surface area contributed by atoms with Crippen LogP contribution in [0.15, 0.2) is 11.1 Å². The van der Waals surface area contributed by atoms with Gasteiger partial charge in [0.2, 0.25) is 5.91 Å². The molecule has 1 unspecified atom stereocenters. The lowest BCUT2D eigenvalue weighted by Gasteiger charge is -2.34. The summed E-state index contributed by atoms with van der Waals surface area (Å²) in [4.78, 5) is 14.2. The van der Waals surface area contributed by atoms with Gasteiger partial charge in [0.1, 0.15) is 0 Å². The molecule has 2 fully saturated rings. The third kappa shape index (κ3) is 2.21. The molecule has 0 aliphatic carbocycles. The van der Waals surface area contributed by atoms with Gasteiger partial charge in [-0.05, 0) is 19.4 Å². The Morgan fingerprint density at radius 2 is 2.27 bits per heavy atom. The molecule has 1 amide bonds. The summed E-state index contributed by atoms with van der Waals surface area (Å²) in [5, 5.41) is 3.18. The molecule has 0 radical (unpaired) electrons. The van der Waals surface area contributed by atoms with Crippen LogP contribution in [-0.4, -0.2) is 48.0 Å². The topological polar surface area (TPSA) is 32.3 Å². The van der Waals surface area contributed by atoms with E-state index in [2.05, 4.69) is 12.2 Å². The third-order valence-electron chi connectivity index (χ3n) is 3.16. The zero-order valence-electron chi connectivity index (χ0n) is 9.38. The van der Waals surface area contributed by atoms with Crippen molar-refractivity contribution in [1.82, 2.24) is 10.2 Å². The summed E-state index contributed by atoms with van der Waals surface area (Å²) >= 11 is 1.94. The van der Waals surface area contributed by atoms with Gasteiger partial charge in [-0.1, -0.05) is 0 Å². The SMILES string of the molecule is CC(C(=O)N1CCSCC1C)=C1CNC1. The van der Waals surface area contributed by atoms with E-state index in [4.69, 9.17) is 0 Å². The van der Waals surface area contributed by atoms with Crippen molar-refractivity contribution in [3.05, 3.63) is 11.1 Å². The molecule has 2 rings (SSSR count). The lowest BCUT2D eigenvalue weighted by atomic mass is 10.0. The van der Waals surface area contributed by atoms with Gasteiger partial charge < -0.3 is 10.2 Å². The Morgan fingerprint density at radius 3 is 2.80 bits per heavy atom. The molecule has 0 saturated carbocycles. The molecule has 4 heteroatoms. The van der Waals surface area contributed by atoms with Crippen LogP contribution in [0, 0.1) is 0 Å². The highest BCUT2D eigenvalue weighted by atomic mass is 32.2. The zero-order chi connectivity index (χ0) is 10.8. The van der Waals surface area contributed by atoms with Crippen LogP contribution in [0.3, 0.4) is 0 Å². The Morgan fingerprint density at radius 1 is 1.53 bits per heavy atom. The van der Waals surface area contributed by atoms with Gasteiger partial charge in [-0.25, -0.2) is 0 Å². The van der Waals surface area contributed by atoms with Crippen LogP contribution in [0.2, 0.25) is 0 Å². The second-order valence-corrected chi connectivity index (χ2v) is 5.40. The number of nitrogens with one attached hydrogen (secondary N) is 1. The van der Waals surface area contributed by atoms with Gasteiger partial charge in [-0.2, -0.15) is 11.8 Å². The molecular weight excluding hydrogens is 208 g/mol. The largest absolute Gasteiger partial charge is 0.335 e. The van der Waals surface area contributed by atoms with Crippen LogP contribution < -0.4 is 5.32 Å². The Labute approximate surface area is 95.3 Å². The first-order valence-electron chi connectivity index (χ1n) is 5.48. The van der Waals surface area contributed by atoms with Crippen LogP contribution >= 0.6 is 11.8 Å². The number of nitrogens with zero attached hydrogens (tertiary/aromatic N) is 1. The smallest absolute Gasteiger partial charge is 0.249 e. The number of hydrogen-bond acceptors (Lipinski definition) is 3. The number of thioether (sulfide) groups is 1. The van der Waals surface area contributed by atoms with E-state index in [1.807, 2.05) is 23.6 Å². The van der Waals surface area contributed by atoms with Gasteiger partial charge in [0.15, 0.2) is 0 Å². The van der Waals surface area contributed by atoms with E-state index in [1.54, 1.807) is 0 Å². The number of hydrogen-bond donors (Lipinski definition) is 1. The van der Waals surface area contributed by atoms with Crippen molar-refractivity contribution < 1.29 is 4.79 Å². The van der Waals surface area contributed by atoms with Gasteiger partial charge >= 0.3 is 0 Å². The van der Waals surface area contributed by atoms with Crippen LogP contribution in [0.5, 0.6) is 0 Å². The third-order valence-corrected chi connectivity index (χ3v) is 4.35. The molecule has 84 valence electrons. The molecule has 2 heterocycles. The Kier molecular flexibility index (Phi) is 3.36. The van der Waals surface area contributed by atoms with Gasteiger partial charge in [-0.3, -0.25) is 4.79 Å². The van der Waals surface area contributed by atoms with E-state index in [-0.39, 0.29) is 5.91 Å². The lowest BCUT2D eigenvalue weighted by Crippen LogP contribution is -2.46. The summed E-state index contributed by atoms with van der Waals surface area (Å²) in [7, 11) is 0. The van der Waals surface area contributed by atoms with Crippen molar-refractivity contribution in [2.75, 3.05) is 31.1 Å². The van der Waals surface area contributed by atoms with Crippen molar-refractivity contribution in [3.8, 4) is 0 Å². The first-order valence-corrected chi connectivity index (χ1v) is 6.63. The van der Waals surface area contributed by atoms with Gasteiger partial charge in [-0.15, -0.1) is 0 Å². The Balaban J connectivity index is 2.06. The quantitative estimate of drug-likeness (QED) is 0.673. The van der Waals surface area contributed by atoms with Gasteiger partial charge in [0, 0.05) is 42.8 Å². The summed E-state index contributed by atoms with van der Waals surface area (Å²) < 4.78 is 0. The average molecular weight is 226 g/mol. The van der Waals surface area contributed by atoms with Crippen LogP contribution in [0.4, 0.5) is 0 Å². The van der Waals surface area contributed by atoms with Crippen molar-refractivity contribution in [3.63, 3.8) is 0 Å². The highest BCUT2D eigenvalue weighted by Gasteiger charge is 2.26. The highest BCUT2D eigenvalue weighted by Crippen LogP contribution is 2.20. The van der Waals surface area contributed by atoms with E-state index < -0.39 is 0 Å². The van der Waals surface area contributed by atoms with Crippen molar-refractivity contribution in [2.24, 2.45) is 0 Å². The van der Waals surface area contributed by atoms with Crippen molar-refractivity contribution in [1.29, 1.82) is 0 Å². The van der Waals surface area contributed by atoms with Crippen LogP contribution in [-0.2, 0) is 4.79 Å². The minimum atomic E-state index is 0.249. The maximum Gasteiger partial charge on any atom is 0.249 e. The molecule has 2 aliphatic heterocycles. The number of carbonyl (C=O) groups excluding carboxylic acids is 1. The predicted molar refractivity (Wildman–Crippen MR) is 64.1 cm³/mol. The summed E-state index contributed by atoms with van der Waals surface area (Å²) in [5.74, 6) is 2.41. The monoisotopic (exact) mass is 226 g/mol. The molecule has 15 heavy (non-hydrogen) atoms. The maximum absolute atomic E-state index is 12.2. The van der Waals surface area contributed by atoms with Crippen LogP contribution in [0.1, 0.15) is 13.8 Å². The summed E-state index contributed by atoms with van der Waals surface area (Å²) in [5.41, 5.74) is 2.25. The predicted octanol–water partition coefficient (Wildman–Crippen LogP) is 0.870. The summed E-state index contributed by atoms with van der Waals surface area (Å²) in [6.45, 7) is 6.81. The number of carbonyl (C=O) groups is 1. The fraction of sp³-hybridized carbons (Fsp3) is 0.727. The van der Waals surface area contributed by atoms with Gasteiger partial charge in [0.05, 0.1) is 0 Å². The van der Waals surface area contributed by atoms with E-state index in [0.29, 0.717) is 6.04 Å². The summed E-state index contributed by atoms with van der Waals surface area (Å²) in [6, 6.07) is 0.389. The van der Waals surface area contributed by atoms with Crippen LogP contribution in [0.25, 0.3) is 0 Å². The van der Waals surface area contributed by atoms with Gasteiger partial charge in [0.25, 0.3) is 0 Å². The first kappa shape index (κ1) is 11.0. The molecular formula is C11H18N2OS. The lowest BCUT2D eigenvalue weighted by molar-refractivity contribution is -0.128. The van der Waals surface area contributed by atoms with Crippen molar-refractivity contribution >= 4 is 17.7 Å². The second kappa shape index (κ2) is 4.58. The molecule has 0 spiro atoms. The summed E-state index contributed by atoms with van der Waals surface area (Å²) in [6.07, 6.45) is 0. The van der Waals surface area contributed by atoms with E-state index in [1.165, 1.54) is 5.57 Å². The molecule has 0 bridgehead atoms. The van der Waals surface area contributed by atoms with E-state index >= 15 is 0 Å². The minimum Gasteiger partial charge on any atom is -0.335 e. The fourth-order valence-corrected chi connectivity index (χ4v) is 2.92. The normalized spacial score (nSPS) is 26.1. The Bertz CT molecular complexity index is 295. The molecule has 2 aliphatic rings. The zero-order valence-corrected chi connectivity index (χ0v) is 10.2. The second-order valence-electron chi connectivity index (χ2n) is 4.25. The standard InChI is InChI=1S/C11H18N2OS/c1-8-7-15-4-3-13(8)11(14)9(2)10-5-12-6-10/h8,12H,3-7H2,1-2H3. The highest BCUT2D eigenvalue weighted by molar-refractivity contribution is 7.99. The minimum absolute atomic E-state index is 0.249. The number of amides is 1. The molecule has 0 aromatic heterocycles. The number of rotatable bonds is 1. The molecule has 1 N–H and O–H groups in total. The molecule has 0 aromatic carbocycles. The van der Waals surface area contributed by atoms with E-state index in [0.717, 1.165) is 36.7 Å². The molecule has 1 atom stereocenters. The first-order chi connectivity index (χ1) is 7.20. The Hall–Kier alpha value is -0.480. The average Bonchev–Trinajstić information content (AvgIpc) is 2.15. The molecule has 0 aromatic rings. The fourth-order valence-electron chi connectivity index (χ4n) is 1.91. The van der Waals surface area contributed by atoms with E-state index in [9.17, 15) is 4.79 Å².